The monoisotopic (exact) mass is 346 g/mol. The number of hydrogen-bond acceptors (Lipinski definition) is 5. The molecule has 0 spiro atoms. The number of hydrogen-bond donors (Lipinski definition) is 1. The Hall–Kier alpha value is -2.70. The largest absolute Gasteiger partial charge is 0.452 e. The molecule has 25 heavy (non-hydrogen) atoms. The molecule has 0 saturated carbocycles. The summed E-state index contributed by atoms with van der Waals surface area (Å²) in [7, 11) is 0. The molecule has 132 valence electrons. The molecule has 0 radical (unpaired) electrons. The summed E-state index contributed by atoms with van der Waals surface area (Å²) in [5.74, 6) is -0.777. The molecular formula is C18H19FN2O4. The average molecular weight is 346 g/mol. The molecule has 0 aliphatic carbocycles. The van der Waals surface area contributed by atoms with Gasteiger partial charge in [0.15, 0.2) is 6.61 Å². The minimum Gasteiger partial charge on any atom is -0.452 e. The molecule has 0 unspecified atom stereocenters. The van der Waals surface area contributed by atoms with Crippen LogP contribution in [0.4, 0.5) is 10.1 Å². The summed E-state index contributed by atoms with van der Waals surface area (Å²) >= 11 is 0. The van der Waals surface area contributed by atoms with Crippen molar-refractivity contribution < 1.29 is 23.1 Å². The number of carbonyl (C=O) groups excluding carboxylic acids is 2. The third-order valence-corrected chi connectivity index (χ3v) is 3.93. The molecule has 1 aliphatic rings. The first-order valence-electron chi connectivity index (χ1n) is 7.98. The summed E-state index contributed by atoms with van der Waals surface area (Å²) in [6, 6.07) is 2.56. The number of oxazole rings is 1. The van der Waals surface area contributed by atoms with E-state index in [2.05, 4.69) is 10.3 Å². The maximum absolute atomic E-state index is 14.2. The molecule has 1 N–H and O–H groups in total. The molecule has 0 saturated heterocycles. The Balaban J connectivity index is 1.71. The molecule has 1 amide bonds. The molecule has 0 atom stereocenters. The number of anilines is 1. The average Bonchev–Trinajstić information content (AvgIpc) is 3.01. The topological polar surface area (TPSA) is 81.4 Å². The summed E-state index contributed by atoms with van der Waals surface area (Å²) in [4.78, 5) is 27.6. The van der Waals surface area contributed by atoms with Crippen molar-refractivity contribution in [2.45, 2.75) is 45.6 Å². The quantitative estimate of drug-likeness (QED) is 0.862. The number of rotatable bonds is 3. The normalized spacial score (nSPS) is 14.0. The van der Waals surface area contributed by atoms with Crippen molar-refractivity contribution in [1.29, 1.82) is 0 Å². The molecule has 1 aromatic heterocycles. The van der Waals surface area contributed by atoms with E-state index in [1.165, 1.54) is 6.07 Å². The molecule has 1 aliphatic heterocycles. The lowest BCUT2D eigenvalue weighted by Crippen LogP contribution is -2.20. The summed E-state index contributed by atoms with van der Waals surface area (Å²) in [5, 5.41) is 2.59. The van der Waals surface area contributed by atoms with Gasteiger partial charge in [-0.1, -0.05) is 20.8 Å². The number of carbonyl (C=O) groups is 2. The number of aromatic nitrogens is 1. The van der Waals surface area contributed by atoms with E-state index < -0.39 is 11.8 Å². The zero-order valence-corrected chi connectivity index (χ0v) is 14.3. The van der Waals surface area contributed by atoms with Crippen LogP contribution < -0.4 is 5.32 Å². The second-order valence-electron chi connectivity index (χ2n) is 6.98. The smallest absolute Gasteiger partial charge is 0.341 e. The second-order valence-corrected chi connectivity index (χ2v) is 6.98. The lowest BCUT2D eigenvalue weighted by atomic mass is 9.94. The fourth-order valence-corrected chi connectivity index (χ4v) is 2.49. The third-order valence-electron chi connectivity index (χ3n) is 3.93. The lowest BCUT2D eigenvalue weighted by Gasteiger charge is -2.17. The fourth-order valence-electron chi connectivity index (χ4n) is 2.49. The van der Waals surface area contributed by atoms with Gasteiger partial charge in [0.05, 0.1) is 11.8 Å². The molecule has 3 rings (SSSR count). The van der Waals surface area contributed by atoms with Crippen molar-refractivity contribution in [3.63, 3.8) is 0 Å². The Morgan fingerprint density at radius 2 is 2.12 bits per heavy atom. The van der Waals surface area contributed by atoms with Crippen LogP contribution in [0, 0.1) is 5.82 Å². The molecule has 2 aromatic rings. The van der Waals surface area contributed by atoms with Crippen LogP contribution in [0.25, 0.3) is 0 Å². The first-order valence-corrected chi connectivity index (χ1v) is 7.98. The molecule has 1 aromatic carbocycles. The number of nitrogens with zero attached hydrogens (tertiary/aromatic N) is 1. The number of fused-ring (bicyclic) bond motifs is 1. The number of esters is 1. The maximum atomic E-state index is 14.2. The van der Waals surface area contributed by atoms with Crippen molar-refractivity contribution in [2.75, 3.05) is 5.32 Å². The highest BCUT2D eigenvalue weighted by atomic mass is 19.1. The summed E-state index contributed by atoms with van der Waals surface area (Å²) < 4.78 is 24.8. The molecule has 0 bridgehead atoms. The van der Waals surface area contributed by atoms with Gasteiger partial charge in [-0.2, -0.15) is 0 Å². The fraction of sp³-hybridized carbons (Fsp3) is 0.389. The van der Waals surface area contributed by atoms with Gasteiger partial charge >= 0.3 is 5.97 Å². The van der Waals surface area contributed by atoms with Crippen molar-refractivity contribution in [1.82, 2.24) is 4.98 Å². The van der Waals surface area contributed by atoms with Crippen LogP contribution in [-0.2, 0) is 28.0 Å². The Bertz CT molecular complexity index is 836. The van der Waals surface area contributed by atoms with E-state index in [9.17, 15) is 14.0 Å². The number of benzene rings is 1. The van der Waals surface area contributed by atoms with E-state index >= 15 is 0 Å². The molecule has 6 nitrogen and oxygen atoms in total. The zero-order valence-electron chi connectivity index (χ0n) is 14.3. The van der Waals surface area contributed by atoms with E-state index in [0.717, 1.165) is 6.07 Å². The van der Waals surface area contributed by atoms with E-state index in [4.69, 9.17) is 9.15 Å². The van der Waals surface area contributed by atoms with Crippen LogP contribution in [0.5, 0.6) is 0 Å². The highest BCUT2D eigenvalue weighted by Crippen LogP contribution is 2.27. The van der Waals surface area contributed by atoms with Crippen LogP contribution in [0.1, 0.15) is 54.8 Å². The SMILES string of the molecule is CC(C)(C)c1cnc(COC(=O)c2cc3c(cc2F)NC(=O)CC3)o1. The van der Waals surface area contributed by atoms with Crippen molar-refractivity contribution >= 4 is 17.6 Å². The maximum Gasteiger partial charge on any atom is 0.341 e. The highest BCUT2D eigenvalue weighted by Gasteiger charge is 2.23. The standard InChI is InChI=1S/C18H19FN2O4/c1-18(2,3)14-8-20-16(25-14)9-24-17(23)11-6-10-4-5-15(22)21-13(10)7-12(11)19/h6-8H,4-5,9H2,1-3H3,(H,21,22). The van der Waals surface area contributed by atoms with Crippen LogP contribution in [0.15, 0.2) is 22.7 Å². The minimum absolute atomic E-state index is 0.166. The zero-order chi connectivity index (χ0) is 18.2. The van der Waals surface area contributed by atoms with Crippen LogP contribution >= 0.6 is 0 Å². The molecule has 2 heterocycles. The van der Waals surface area contributed by atoms with E-state index in [1.54, 1.807) is 6.20 Å². The summed E-state index contributed by atoms with van der Waals surface area (Å²) in [5.41, 5.74) is 0.731. The van der Waals surface area contributed by atoms with Gasteiger partial charge in [-0.3, -0.25) is 4.79 Å². The second kappa shape index (κ2) is 6.31. The van der Waals surface area contributed by atoms with Gasteiger partial charge in [0.25, 0.3) is 0 Å². The Morgan fingerprint density at radius 1 is 1.36 bits per heavy atom. The van der Waals surface area contributed by atoms with E-state index in [-0.39, 0.29) is 29.4 Å². The number of ether oxygens (including phenoxy) is 1. The van der Waals surface area contributed by atoms with Gasteiger partial charge in [0.2, 0.25) is 11.8 Å². The Labute approximate surface area is 144 Å². The Kier molecular flexibility index (Phi) is 4.32. The first kappa shape index (κ1) is 17.1. The number of amides is 1. The van der Waals surface area contributed by atoms with Gasteiger partial charge in [0.1, 0.15) is 11.6 Å². The predicted octanol–water partition coefficient (Wildman–Crippen LogP) is 3.35. The Morgan fingerprint density at radius 3 is 2.80 bits per heavy atom. The lowest BCUT2D eigenvalue weighted by molar-refractivity contribution is -0.116. The summed E-state index contributed by atoms with van der Waals surface area (Å²) in [6.45, 7) is 5.75. The third kappa shape index (κ3) is 3.70. The van der Waals surface area contributed by atoms with E-state index in [1.807, 2.05) is 20.8 Å². The predicted molar refractivity (Wildman–Crippen MR) is 87.7 cm³/mol. The molecule has 7 heteroatoms. The van der Waals surface area contributed by atoms with Crippen LogP contribution in [-0.4, -0.2) is 16.9 Å². The molecular weight excluding hydrogens is 327 g/mol. The minimum atomic E-state index is -0.798. The van der Waals surface area contributed by atoms with Crippen LogP contribution in [0.3, 0.4) is 0 Å². The van der Waals surface area contributed by atoms with Crippen molar-refractivity contribution in [2.24, 2.45) is 0 Å². The van der Waals surface area contributed by atoms with Crippen LogP contribution in [0.2, 0.25) is 0 Å². The van der Waals surface area contributed by atoms with Crippen molar-refractivity contribution in [3.05, 3.63) is 46.9 Å². The van der Waals surface area contributed by atoms with Gasteiger partial charge in [0, 0.05) is 17.5 Å². The van der Waals surface area contributed by atoms with Gasteiger partial charge < -0.3 is 14.5 Å². The molecule has 0 fully saturated rings. The van der Waals surface area contributed by atoms with E-state index in [0.29, 0.717) is 29.9 Å². The van der Waals surface area contributed by atoms with Gasteiger partial charge in [-0.05, 0) is 24.1 Å². The van der Waals surface area contributed by atoms with Gasteiger partial charge in [-0.25, -0.2) is 14.2 Å². The number of halogens is 1. The van der Waals surface area contributed by atoms with Gasteiger partial charge in [-0.15, -0.1) is 0 Å². The van der Waals surface area contributed by atoms with Crippen molar-refractivity contribution in [3.8, 4) is 0 Å². The number of nitrogens with one attached hydrogen (secondary N) is 1. The first-order chi connectivity index (χ1) is 11.7. The summed E-state index contributed by atoms with van der Waals surface area (Å²) in [6.07, 6.45) is 2.35. The highest BCUT2D eigenvalue weighted by molar-refractivity contribution is 5.96. The number of aryl methyl sites for hydroxylation is 1.